The molecule has 2 rings (SSSR count). The zero-order valence-electron chi connectivity index (χ0n) is 18.3. The molecule has 33 heavy (non-hydrogen) atoms. The van der Waals surface area contributed by atoms with Gasteiger partial charge < -0.3 is 13.8 Å². The van der Waals surface area contributed by atoms with Gasteiger partial charge in [0.1, 0.15) is 10.3 Å². The summed E-state index contributed by atoms with van der Waals surface area (Å²) >= 11 is 6.30. The Morgan fingerprint density at radius 2 is 1.67 bits per heavy atom. The van der Waals surface area contributed by atoms with Crippen molar-refractivity contribution in [3.05, 3.63) is 60.8 Å². The van der Waals surface area contributed by atoms with Gasteiger partial charge in [-0.05, 0) is 63.8 Å². The summed E-state index contributed by atoms with van der Waals surface area (Å²) < 4.78 is 28.8. The molecule has 0 radical (unpaired) electrons. The molecule has 0 saturated carbocycles. The molecule has 0 saturated heterocycles. The third-order valence-corrected chi connectivity index (χ3v) is 7.27. The predicted molar refractivity (Wildman–Crippen MR) is 131 cm³/mol. The van der Waals surface area contributed by atoms with Crippen molar-refractivity contribution in [3.63, 3.8) is 0 Å². The molecule has 180 valence electrons. The van der Waals surface area contributed by atoms with E-state index in [9.17, 15) is 19.5 Å². The zero-order chi connectivity index (χ0) is 24.6. The number of ether oxygens (including phenoxy) is 1. The molecule has 2 aromatic rings. The molecule has 0 aliphatic heterocycles. The van der Waals surface area contributed by atoms with Gasteiger partial charge in [0.2, 0.25) is 0 Å². The standard InChI is InChI=1S/C20H24Br2N3O7P/c1-4-30-20(26)24(16-11-17(21)23-19(22)18(16)25(27)28)12-14-7-9-15(10-8-14)13-33(29,31-5-2)32-6-3/h7-11H,4-6,12-13H2,1-3H3. The Bertz CT molecular complexity index is 1030. The molecule has 10 nitrogen and oxygen atoms in total. The summed E-state index contributed by atoms with van der Waals surface area (Å²) in [7, 11) is -3.26. The molecule has 0 N–H and O–H groups in total. The van der Waals surface area contributed by atoms with Gasteiger partial charge in [-0.3, -0.25) is 19.6 Å². The van der Waals surface area contributed by atoms with E-state index in [2.05, 4.69) is 36.8 Å². The number of anilines is 1. The lowest BCUT2D eigenvalue weighted by atomic mass is 10.1. The highest BCUT2D eigenvalue weighted by atomic mass is 79.9. The third-order valence-electron chi connectivity index (χ3n) is 4.25. The molecule has 1 amide bonds. The van der Waals surface area contributed by atoms with Crippen molar-refractivity contribution < 1.29 is 28.1 Å². The second kappa shape index (κ2) is 12.6. The summed E-state index contributed by atoms with van der Waals surface area (Å²) in [5.41, 5.74) is 1.06. The average Bonchev–Trinajstić information content (AvgIpc) is 2.72. The Morgan fingerprint density at radius 3 is 2.18 bits per heavy atom. The lowest BCUT2D eigenvalue weighted by molar-refractivity contribution is -0.385. The van der Waals surface area contributed by atoms with Crippen LogP contribution in [0.4, 0.5) is 16.2 Å². The molecule has 0 fully saturated rings. The summed E-state index contributed by atoms with van der Waals surface area (Å²) in [6, 6.07) is 8.35. The summed E-state index contributed by atoms with van der Waals surface area (Å²) in [6.45, 7) is 5.75. The molecule has 13 heteroatoms. The Hall–Kier alpha value is -1.85. The number of pyridine rings is 1. The lowest BCUT2D eigenvalue weighted by Crippen LogP contribution is -2.31. The maximum absolute atomic E-state index is 12.8. The number of carbonyl (C=O) groups is 1. The topological polar surface area (TPSA) is 121 Å². The van der Waals surface area contributed by atoms with Gasteiger partial charge in [0.05, 0.1) is 37.5 Å². The molecule has 1 aromatic heterocycles. The van der Waals surface area contributed by atoms with Crippen LogP contribution in [0.15, 0.2) is 39.5 Å². The number of rotatable bonds is 11. The summed E-state index contributed by atoms with van der Waals surface area (Å²) in [4.78, 5) is 28.9. The normalized spacial score (nSPS) is 11.3. The van der Waals surface area contributed by atoms with Crippen LogP contribution in [0.5, 0.6) is 0 Å². The number of aromatic nitrogens is 1. The molecule has 0 spiro atoms. The predicted octanol–water partition coefficient (Wildman–Crippen LogP) is 6.44. The van der Waals surface area contributed by atoms with Crippen LogP contribution in [0, 0.1) is 10.1 Å². The maximum atomic E-state index is 12.8. The maximum Gasteiger partial charge on any atom is 0.414 e. The highest BCUT2D eigenvalue weighted by Gasteiger charge is 2.30. The Balaban J connectivity index is 2.37. The lowest BCUT2D eigenvalue weighted by Gasteiger charge is -2.22. The first-order chi connectivity index (χ1) is 15.6. The summed E-state index contributed by atoms with van der Waals surface area (Å²) in [5, 5.41) is 11.7. The van der Waals surface area contributed by atoms with E-state index in [1.54, 1.807) is 45.0 Å². The fourth-order valence-electron chi connectivity index (χ4n) is 2.97. The van der Waals surface area contributed by atoms with Gasteiger partial charge in [0, 0.05) is 6.07 Å². The second-order valence-corrected chi connectivity index (χ2v) is 10.2. The Morgan fingerprint density at radius 1 is 1.09 bits per heavy atom. The van der Waals surface area contributed by atoms with Crippen molar-refractivity contribution in [2.75, 3.05) is 24.7 Å². The van der Waals surface area contributed by atoms with Gasteiger partial charge >= 0.3 is 19.4 Å². The van der Waals surface area contributed by atoms with E-state index in [0.717, 1.165) is 5.56 Å². The molecule has 0 bridgehead atoms. The van der Waals surface area contributed by atoms with Crippen LogP contribution < -0.4 is 4.90 Å². The molecular formula is C20H24Br2N3O7P. The van der Waals surface area contributed by atoms with Crippen LogP contribution in [-0.4, -0.2) is 35.8 Å². The average molecular weight is 609 g/mol. The van der Waals surface area contributed by atoms with E-state index < -0.39 is 18.6 Å². The number of nitrogens with zero attached hydrogens (tertiary/aromatic N) is 3. The molecule has 0 aliphatic carbocycles. The highest BCUT2D eigenvalue weighted by Crippen LogP contribution is 2.51. The minimum absolute atomic E-state index is 0.00255. The van der Waals surface area contributed by atoms with Crippen LogP contribution in [0.3, 0.4) is 0 Å². The smallest absolute Gasteiger partial charge is 0.414 e. The van der Waals surface area contributed by atoms with Gasteiger partial charge in [0.25, 0.3) is 0 Å². The summed E-state index contributed by atoms with van der Waals surface area (Å²) in [6.07, 6.45) is -0.640. The number of benzene rings is 1. The van der Waals surface area contributed by atoms with E-state index in [1.165, 1.54) is 11.0 Å². The van der Waals surface area contributed by atoms with Gasteiger partial charge in [-0.1, -0.05) is 24.3 Å². The van der Waals surface area contributed by atoms with Crippen LogP contribution in [0.2, 0.25) is 0 Å². The van der Waals surface area contributed by atoms with Gasteiger partial charge in [-0.25, -0.2) is 9.78 Å². The van der Waals surface area contributed by atoms with E-state index in [-0.39, 0.29) is 48.5 Å². The number of nitro groups is 1. The Kier molecular flexibility index (Phi) is 10.4. The van der Waals surface area contributed by atoms with Crippen molar-refractivity contribution in [1.82, 2.24) is 4.98 Å². The van der Waals surface area contributed by atoms with Gasteiger partial charge in [-0.15, -0.1) is 0 Å². The molecule has 0 aliphatic rings. The van der Waals surface area contributed by atoms with E-state index in [4.69, 9.17) is 13.8 Å². The van der Waals surface area contributed by atoms with Gasteiger partial charge in [0.15, 0.2) is 4.60 Å². The van der Waals surface area contributed by atoms with Crippen molar-refractivity contribution in [1.29, 1.82) is 0 Å². The summed E-state index contributed by atoms with van der Waals surface area (Å²) in [5.74, 6) is 0. The van der Waals surface area contributed by atoms with E-state index >= 15 is 0 Å². The number of hydrogen-bond donors (Lipinski definition) is 0. The minimum atomic E-state index is -3.26. The fraction of sp³-hybridized carbons (Fsp3) is 0.400. The largest absolute Gasteiger partial charge is 0.449 e. The van der Waals surface area contributed by atoms with Gasteiger partial charge in [-0.2, -0.15) is 0 Å². The number of amides is 1. The monoisotopic (exact) mass is 607 g/mol. The number of carbonyl (C=O) groups excluding carboxylic acids is 1. The van der Waals surface area contributed by atoms with Crippen molar-refractivity contribution in [3.8, 4) is 0 Å². The second-order valence-electron chi connectivity index (χ2n) is 6.57. The van der Waals surface area contributed by atoms with Crippen LogP contribution >= 0.6 is 39.5 Å². The first-order valence-corrected chi connectivity index (χ1v) is 13.4. The quantitative estimate of drug-likeness (QED) is 0.124. The van der Waals surface area contributed by atoms with Crippen LogP contribution in [0.25, 0.3) is 0 Å². The van der Waals surface area contributed by atoms with Crippen LogP contribution in [-0.2, 0) is 31.1 Å². The highest BCUT2D eigenvalue weighted by molar-refractivity contribution is 9.11. The first kappa shape index (κ1) is 27.4. The first-order valence-electron chi connectivity index (χ1n) is 10.0. The van der Waals surface area contributed by atoms with E-state index in [1.807, 2.05) is 0 Å². The molecule has 0 atom stereocenters. The molecule has 1 aromatic carbocycles. The number of halogens is 2. The van der Waals surface area contributed by atoms with Crippen molar-refractivity contribution in [2.24, 2.45) is 0 Å². The number of hydrogen-bond acceptors (Lipinski definition) is 8. The van der Waals surface area contributed by atoms with Crippen molar-refractivity contribution >= 4 is 56.9 Å². The third kappa shape index (κ3) is 7.58. The molecular weight excluding hydrogens is 585 g/mol. The van der Waals surface area contributed by atoms with Crippen LogP contribution in [0.1, 0.15) is 31.9 Å². The minimum Gasteiger partial charge on any atom is -0.449 e. The molecule has 0 unspecified atom stereocenters. The fourth-order valence-corrected chi connectivity index (χ4v) is 5.84. The SMILES string of the molecule is CCOC(=O)N(Cc1ccc(CP(=O)(OCC)OCC)cc1)c1cc(Br)nc(Br)c1[N+](=O)[O-]. The zero-order valence-corrected chi connectivity index (χ0v) is 22.4. The van der Waals surface area contributed by atoms with Crippen molar-refractivity contribution in [2.45, 2.75) is 33.5 Å². The Labute approximate surface area is 208 Å². The molecule has 1 heterocycles. The van der Waals surface area contributed by atoms with E-state index in [0.29, 0.717) is 10.2 Å².